The molecule has 3 N–H and O–H groups in total. The third kappa shape index (κ3) is 3.46. The van der Waals surface area contributed by atoms with Crippen LogP contribution in [0.3, 0.4) is 0 Å². The zero-order valence-electron chi connectivity index (χ0n) is 8.21. The third-order valence-electron chi connectivity index (χ3n) is 2.13. The van der Waals surface area contributed by atoms with Gasteiger partial charge in [0.1, 0.15) is 11.9 Å². The molecule has 1 aromatic carbocycles. The SMILES string of the molecule is N[C@H](C[C@H](O)c1cccc(F)c1)C(F)(F)F. The van der Waals surface area contributed by atoms with Crippen LogP contribution in [0.5, 0.6) is 0 Å². The van der Waals surface area contributed by atoms with Crippen LogP contribution in [-0.2, 0) is 0 Å². The first kappa shape index (κ1) is 12.9. The van der Waals surface area contributed by atoms with Crippen molar-refractivity contribution in [3.05, 3.63) is 35.6 Å². The Kier molecular flexibility index (Phi) is 3.88. The van der Waals surface area contributed by atoms with Crippen LogP contribution in [0.1, 0.15) is 18.1 Å². The van der Waals surface area contributed by atoms with Gasteiger partial charge in [0.25, 0.3) is 0 Å². The second-order valence-electron chi connectivity index (χ2n) is 3.45. The van der Waals surface area contributed by atoms with Gasteiger partial charge in [0.05, 0.1) is 6.10 Å². The number of aliphatic hydroxyl groups excluding tert-OH is 1. The summed E-state index contributed by atoms with van der Waals surface area (Å²) in [6, 6.07) is 2.66. The fourth-order valence-corrected chi connectivity index (χ4v) is 1.22. The van der Waals surface area contributed by atoms with E-state index >= 15 is 0 Å². The number of halogens is 4. The summed E-state index contributed by atoms with van der Waals surface area (Å²) in [6.45, 7) is 0. The standard InChI is InChI=1S/C10H11F4NO/c11-7-3-1-2-6(4-7)8(16)5-9(15)10(12,13)14/h1-4,8-9,16H,5,15H2/t8-,9+/m0/s1. The lowest BCUT2D eigenvalue weighted by Gasteiger charge is -2.19. The minimum Gasteiger partial charge on any atom is -0.388 e. The van der Waals surface area contributed by atoms with Crippen molar-refractivity contribution in [2.45, 2.75) is 24.7 Å². The van der Waals surface area contributed by atoms with Gasteiger partial charge >= 0.3 is 6.18 Å². The largest absolute Gasteiger partial charge is 0.403 e. The summed E-state index contributed by atoms with van der Waals surface area (Å²) in [7, 11) is 0. The topological polar surface area (TPSA) is 46.2 Å². The Bertz CT molecular complexity index is 353. The molecule has 2 nitrogen and oxygen atoms in total. The van der Waals surface area contributed by atoms with Gasteiger partial charge in [0.15, 0.2) is 0 Å². The molecule has 0 spiro atoms. The first-order chi connectivity index (χ1) is 7.30. The molecule has 0 unspecified atom stereocenters. The molecule has 1 rings (SSSR count). The Morgan fingerprint density at radius 3 is 2.44 bits per heavy atom. The van der Waals surface area contributed by atoms with Gasteiger partial charge in [-0.15, -0.1) is 0 Å². The average Bonchev–Trinajstić information content (AvgIpc) is 2.16. The van der Waals surface area contributed by atoms with Crippen LogP contribution >= 0.6 is 0 Å². The molecule has 16 heavy (non-hydrogen) atoms. The van der Waals surface area contributed by atoms with Crippen LogP contribution in [0.2, 0.25) is 0 Å². The van der Waals surface area contributed by atoms with E-state index in [1.54, 1.807) is 0 Å². The van der Waals surface area contributed by atoms with E-state index in [1.807, 2.05) is 0 Å². The molecule has 2 atom stereocenters. The summed E-state index contributed by atoms with van der Waals surface area (Å²) >= 11 is 0. The molecule has 0 aliphatic carbocycles. The molecule has 1 aromatic rings. The Morgan fingerprint density at radius 2 is 1.94 bits per heavy atom. The van der Waals surface area contributed by atoms with E-state index in [9.17, 15) is 22.7 Å². The Morgan fingerprint density at radius 1 is 1.31 bits per heavy atom. The number of alkyl halides is 3. The lowest BCUT2D eigenvalue weighted by Crippen LogP contribution is -2.38. The number of aliphatic hydroxyl groups is 1. The highest BCUT2D eigenvalue weighted by molar-refractivity contribution is 5.18. The molecule has 0 radical (unpaired) electrons. The zero-order valence-corrected chi connectivity index (χ0v) is 8.21. The highest BCUT2D eigenvalue weighted by atomic mass is 19.4. The van der Waals surface area contributed by atoms with Crippen molar-refractivity contribution in [2.24, 2.45) is 5.73 Å². The van der Waals surface area contributed by atoms with Crippen molar-refractivity contribution in [1.29, 1.82) is 0 Å². The molecule has 0 amide bonds. The molecule has 0 heterocycles. The first-order valence-corrected chi connectivity index (χ1v) is 4.56. The second kappa shape index (κ2) is 4.80. The highest BCUT2D eigenvalue weighted by Gasteiger charge is 2.37. The lowest BCUT2D eigenvalue weighted by molar-refractivity contribution is -0.153. The van der Waals surface area contributed by atoms with Gasteiger partial charge in [-0.05, 0) is 17.7 Å². The predicted molar refractivity (Wildman–Crippen MR) is 50.0 cm³/mol. The van der Waals surface area contributed by atoms with Gasteiger partial charge < -0.3 is 10.8 Å². The normalized spacial score (nSPS) is 15.9. The minimum absolute atomic E-state index is 0.0831. The van der Waals surface area contributed by atoms with E-state index in [4.69, 9.17) is 5.73 Å². The van der Waals surface area contributed by atoms with Crippen molar-refractivity contribution in [3.63, 3.8) is 0 Å². The van der Waals surface area contributed by atoms with Crippen LogP contribution in [0.15, 0.2) is 24.3 Å². The van der Waals surface area contributed by atoms with E-state index in [0.717, 1.165) is 12.1 Å². The Labute approximate surface area is 89.7 Å². The van der Waals surface area contributed by atoms with Crippen molar-refractivity contribution in [1.82, 2.24) is 0 Å². The van der Waals surface area contributed by atoms with Crippen LogP contribution in [0.4, 0.5) is 17.6 Å². The second-order valence-corrected chi connectivity index (χ2v) is 3.45. The maximum absolute atomic E-state index is 12.7. The minimum atomic E-state index is -4.56. The summed E-state index contributed by atoms with van der Waals surface area (Å²) in [6.07, 6.45) is -6.67. The fourth-order valence-electron chi connectivity index (χ4n) is 1.22. The number of hydrogen-bond donors (Lipinski definition) is 2. The molecule has 0 saturated heterocycles. The average molecular weight is 237 g/mol. The van der Waals surface area contributed by atoms with E-state index in [-0.39, 0.29) is 5.56 Å². The van der Waals surface area contributed by atoms with Crippen LogP contribution in [0, 0.1) is 5.82 Å². The molecule has 0 aliphatic rings. The molecule has 0 bridgehead atoms. The summed E-state index contributed by atoms with van der Waals surface area (Å²) in [5.41, 5.74) is 4.93. The molecule has 0 aromatic heterocycles. The van der Waals surface area contributed by atoms with Crippen molar-refractivity contribution in [3.8, 4) is 0 Å². The smallest absolute Gasteiger partial charge is 0.388 e. The van der Waals surface area contributed by atoms with Gasteiger partial charge in [-0.3, -0.25) is 0 Å². The monoisotopic (exact) mass is 237 g/mol. The molecular formula is C10H11F4NO. The zero-order chi connectivity index (χ0) is 12.3. The summed E-state index contributed by atoms with van der Waals surface area (Å²) in [5, 5.41) is 9.43. The maximum Gasteiger partial charge on any atom is 0.403 e. The van der Waals surface area contributed by atoms with Crippen molar-refractivity contribution < 1.29 is 22.7 Å². The van der Waals surface area contributed by atoms with Crippen LogP contribution in [0.25, 0.3) is 0 Å². The van der Waals surface area contributed by atoms with Crippen molar-refractivity contribution in [2.75, 3.05) is 0 Å². The van der Waals surface area contributed by atoms with E-state index in [0.29, 0.717) is 0 Å². The lowest BCUT2D eigenvalue weighted by atomic mass is 10.0. The van der Waals surface area contributed by atoms with Gasteiger partial charge in [-0.25, -0.2) is 4.39 Å². The third-order valence-corrected chi connectivity index (χ3v) is 2.13. The maximum atomic E-state index is 12.7. The van der Waals surface area contributed by atoms with Crippen molar-refractivity contribution >= 4 is 0 Å². The molecule has 0 fully saturated rings. The van der Waals surface area contributed by atoms with Crippen LogP contribution in [-0.4, -0.2) is 17.3 Å². The summed E-state index contributed by atoms with van der Waals surface area (Å²) in [4.78, 5) is 0. The number of hydrogen-bond acceptors (Lipinski definition) is 2. The van der Waals surface area contributed by atoms with E-state index in [2.05, 4.69) is 0 Å². The molecule has 6 heteroatoms. The quantitative estimate of drug-likeness (QED) is 0.791. The Balaban J connectivity index is 2.69. The van der Waals surface area contributed by atoms with Gasteiger partial charge in [0, 0.05) is 6.42 Å². The van der Waals surface area contributed by atoms with Gasteiger partial charge in [-0.2, -0.15) is 13.2 Å². The number of nitrogens with two attached hydrogens (primary N) is 1. The summed E-state index contributed by atoms with van der Waals surface area (Å²) in [5.74, 6) is -0.614. The predicted octanol–water partition coefficient (Wildman–Crippen LogP) is 2.14. The molecule has 0 saturated carbocycles. The molecule has 0 aliphatic heterocycles. The molecular weight excluding hydrogens is 226 g/mol. The number of benzene rings is 1. The summed E-state index contributed by atoms with van der Waals surface area (Å²) < 4.78 is 49.0. The first-order valence-electron chi connectivity index (χ1n) is 4.56. The van der Waals surface area contributed by atoms with Gasteiger partial charge in [0.2, 0.25) is 0 Å². The Hall–Kier alpha value is -1.14. The molecule has 90 valence electrons. The number of rotatable bonds is 3. The van der Waals surface area contributed by atoms with E-state index < -0.39 is 30.6 Å². The fraction of sp³-hybridized carbons (Fsp3) is 0.400. The highest BCUT2D eigenvalue weighted by Crippen LogP contribution is 2.26. The van der Waals surface area contributed by atoms with E-state index in [1.165, 1.54) is 12.1 Å². The van der Waals surface area contributed by atoms with Gasteiger partial charge in [-0.1, -0.05) is 12.1 Å². The van der Waals surface area contributed by atoms with Crippen LogP contribution < -0.4 is 5.73 Å².